The minimum absolute atomic E-state index is 0. The van der Waals surface area contributed by atoms with Crippen molar-refractivity contribution < 1.29 is 65.4 Å². The second kappa shape index (κ2) is 26.3. The number of hydrogen-bond donors (Lipinski definition) is 4. The summed E-state index contributed by atoms with van der Waals surface area (Å²) in [6.07, 6.45) is 12.8. The number of carboxylic acid groups (broad SMARTS) is 4. The minimum atomic E-state index is -0.591. The van der Waals surface area contributed by atoms with Gasteiger partial charge >= 0.3 is 23.9 Å². The van der Waals surface area contributed by atoms with Crippen LogP contribution >= 0.6 is 47.0 Å². The van der Waals surface area contributed by atoms with Crippen LogP contribution in [-0.2, 0) is 45.0 Å². The molecular weight excluding hydrogens is 1300 g/mol. The first-order chi connectivity index (χ1) is 40.8. The molecule has 8 aromatic carbocycles. The number of benzene rings is 8. The van der Waals surface area contributed by atoms with Gasteiger partial charge < -0.3 is 20.4 Å². The number of carbonyl (C=O) groups is 4. The van der Waals surface area contributed by atoms with Crippen LogP contribution in [0.1, 0.15) is 77.0 Å². The van der Waals surface area contributed by atoms with Crippen molar-refractivity contribution in [3.05, 3.63) is 170 Å². The van der Waals surface area contributed by atoms with E-state index in [9.17, 15) is 39.6 Å². The van der Waals surface area contributed by atoms with Crippen molar-refractivity contribution in [3.63, 3.8) is 0 Å². The SMILES string of the molecule is O=C(O)C1CC2CC(Sc3ccc4ccccc4c3)C1C2.O=C(O)C1CC2CC(Sc3ccc4ccccc4c3)C1C2.O=C(O)C1CC2CC(Sc3ccc4ccccc4c3)C1C2.O=C(O)C1CC2CC(Sc3ccc4ccccc4c3)C1C2.[Hf]. The molecule has 13 heteroatoms. The standard InChI is InChI=1S/4C18H18O2S.Hf/c4*19-18(20)16-8-11-7-15(16)17(9-11)21-14-6-5-12-3-1-2-4-13(12)10-14;/h4*1-6,10-11,15-17H,7-9H2,(H,19,20);. The molecule has 0 spiro atoms. The van der Waals surface area contributed by atoms with E-state index in [1.165, 1.54) is 88.4 Å². The zero-order valence-corrected chi connectivity index (χ0v) is 54.3. The Balaban J connectivity index is 0.000000111. The first kappa shape index (κ1) is 60.2. The van der Waals surface area contributed by atoms with Crippen molar-refractivity contribution in [1.29, 1.82) is 0 Å². The van der Waals surface area contributed by atoms with Gasteiger partial charge in [-0.15, -0.1) is 47.0 Å². The van der Waals surface area contributed by atoms with Gasteiger partial charge in [0, 0.05) is 66.4 Å². The zero-order chi connectivity index (χ0) is 57.6. The molecular formula is C72H72HfO8S4. The molecule has 0 heterocycles. The Bertz CT molecular complexity index is 3280. The van der Waals surface area contributed by atoms with Gasteiger partial charge in [0.15, 0.2) is 0 Å². The fourth-order valence-corrected chi connectivity index (χ4v) is 22.6. The van der Waals surface area contributed by atoms with Crippen LogP contribution in [0.15, 0.2) is 189 Å². The average Bonchev–Trinajstić information content (AvgIpc) is 3.91. The van der Waals surface area contributed by atoms with Crippen molar-refractivity contribution in [3.8, 4) is 0 Å². The second-order valence-corrected chi connectivity index (χ2v) is 30.6. The third-order valence-electron chi connectivity index (χ3n) is 20.3. The van der Waals surface area contributed by atoms with E-state index >= 15 is 0 Å². The summed E-state index contributed by atoms with van der Waals surface area (Å²) in [6, 6.07) is 59.9. The van der Waals surface area contributed by atoms with E-state index in [-0.39, 0.29) is 49.5 Å². The Hall–Kier alpha value is -5.05. The van der Waals surface area contributed by atoms with Crippen molar-refractivity contribution in [2.24, 2.45) is 71.0 Å². The van der Waals surface area contributed by atoms with Crippen molar-refractivity contribution in [1.82, 2.24) is 0 Å². The van der Waals surface area contributed by atoms with Crippen molar-refractivity contribution >= 4 is 114 Å². The van der Waals surface area contributed by atoms with Crippen LogP contribution in [0.3, 0.4) is 0 Å². The molecule has 8 bridgehead atoms. The molecule has 8 aliphatic rings. The molecule has 16 atom stereocenters. The van der Waals surface area contributed by atoms with Gasteiger partial charge in [0.25, 0.3) is 0 Å². The van der Waals surface area contributed by atoms with Crippen LogP contribution < -0.4 is 0 Å². The van der Waals surface area contributed by atoms with Gasteiger partial charge in [0.05, 0.1) is 23.7 Å². The third kappa shape index (κ3) is 13.4. The molecule has 436 valence electrons. The van der Waals surface area contributed by atoms with Gasteiger partial charge in [-0.2, -0.15) is 0 Å². The summed E-state index contributed by atoms with van der Waals surface area (Å²) >= 11 is 7.55. The van der Waals surface area contributed by atoms with Crippen molar-refractivity contribution in [2.75, 3.05) is 0 Å². The average molecular weight is 1370 g/mol. The number of fused-ring (bicyclic) bond motifs is 12. The number of carboxylic acids is 4. The van der Waals surface area contributed by atoms with E-state index in [4.69, 9.17) is 0 Å². The molecule has 85 heavy (non-hydrogen) atoms. The van der Waals surface area contributed by atoms with E-state index in [2.05, 4.69) is 170 Å². The normalized spacial score (nSPS) is 30.5. The van der Waals surface area contributed by atoms with Crippen LogP contribution in [0.5, 0.6) is 0 Å². The summed E-state index contributed by atoms with van der Waals surface area (Å²) in [4.78, 5) is 50.5. The maximum Gasteiger partial charge on any atom is 0.306 e. The Morgan fingerprint density at radius 1 is 0.271 bits per heavy atom. The van der Waals surface area contributed by atoms with Crippen LogP contribution in [0.2, 0.25) is 0 Å². The van der Waals surface area contributed by atoms with E-state index in [1.807, 2.05) is 47.0 Å². The summed E-state index contributed by atoms with van der Waals surface area (Å²) in [5.74, 6) is 1.19. The predicted molar refractivity (Wildman–Crippen MR) is 342 cm³/mol. The smallest absolute Gasteiger partial charge is 0.306 e. The Labute approximate surface area is 533 Å². The first-order valence-electron chi connectivity index (χ1n) is 30.4. The summed E-state index contributed by atoms with van der Waals surface area (Å²) < 4.78 is 0. The van der Waals surface area contributed by atoms with Gasteiger partial charge in [-0.25, -0.2) is 0 Å². The first-order valence-corrected chi connectivity index (χ1v) is 33.9. The summed E-state index contributed by atoms with van der Waals surface area (Å²) in [6.45, 7) is 0. The van der Waals surface area contributed by atoms with Crippen molar-refractivity contribution in [2.45, 2.75) is 118 Å². The maximum absolute atomic E-state index is 11.4. The Morgan fingerprint density at radius 2 is 0.471 bits per heavy atom. The van der Waals surface area contributed by atoms with Crippen LogP contribution in [-0.4, -0.2) is 65.3 Å². The summed E-state index contributed by atoms with van der Waals surface area (Å²) in [5, 5.41) is 49.4. The van der Waals surface area contributed by atoms with Gasteiger partial charge in [0.1, 0.15) is 0 Å². The Kier molecular flexibility index (Phi) is 18.7. The molecule has 0 amide bonds. The molecule has 0 radical (unpaired) electrons. The fraction of sp³-hybridized carbons (Fsp3) is 0.389. The molecule has 8 aliphatic carbocycles. The molecule has 0 aliphatic heterocycles. The molecule has 8 saturated carbocycles. The zero-order valence-electron chi connectivity index (χ0n) is 47.4. The molecule has 16 rings (SSSR count). The number of thioether (sulfide) groups is 4. The third-order valence-corrected chi connectivity index (χ3v) is 25.8. The predicted octanol–water partition coefficient (Wildman–Crippen LogP) is 17.7. The van der Waals surface area contributed by atoms with E-state index in [0.717, 1.165) is 51.4 Å². The van der Waals surface area contributed by atoms with E-state index in [0.29, 0.717) is 68.3 Å². The van der Waals surface area contributed by atoms with Crippen LogP contribution in [0.4, 0.5) is 0 Å². The molecule has 8 aromatic rings. The number of aliphatic carboxylic acids is 4. The van der Waals surface area contributed by atoms with Crippen LogP contribution in [0.25, 0.3) is 43.1 Å². The van der Waals surface area contributed by atoms with Gasteiger partial charge in [-0.05, 0) is 216 Å². The van der Waals surface area contributed by atoms with E-state index < -0.39 is 23.9 Å². The second-order valence-electron chi connectivity index (χ2n) is 25.4. The van der Waals surface area contributed by atoms with Gasteiger partial charge in [-0.3, -0.25) is 19.2 Å². The van der Waals surface area contributed by atoms with E-state index in [1.54, 1.807) is 0 Å². The molecule has 16 unspecified atom stereocenters. The topological polar surface area (TPSA) is 149 Å². The van der Waals surface area contributed by atoms with Crippen LogP contribution in [0, 0.1) is 71.0 Å². The molecule has 4 N–H and O–H groups in total. The molecule has 8 fully saturated rings. The Morgan fingerprint density at radius 3 is 0.659 bits per heavy atom. The summed E-state index contributed by atoms with van der Waals surface area (Å²) in [5.41, 5.74) is 0. The number of rotatable bonds is 12. The summed E-state index contributed by atoms with van der Waals surface area (Å²) in [7, 11) is 0. The molecule has 0 saturated heterocycles. The van der Waals surface area contributed by atoms with Gasteiger partial charge in [0.2, 0.25) is 0 Å². The fourth-order valence-electron chi connectivity index (χ4n) is 16.5. The molecule has 0 aromatic heterocycles. The quantitative estimate of drug-likeness (QED) is 0.0863. The monoisotopic (exact) mass is 1370 g/mol. The molecule has 8 nitrogen and oxygen atoms in total. The maximum atomic E-state index is 11.4. The number of hydrogen-bond acceptors (Lipinski definition) is 8. The minimum Gasteiger partial charge on any atom is -0.481 e. The largest absolute Gasteiger partial charge is 0.481 e. The van der Waals surface area contributed by atoms with Gasteiger partial charge in [-0.1, -0.05) is 121 Å².